The van der Waals surface area contributed by atoms with Crippen molar-refractivity contribution >= 4 is 17.4 Å². The first-order chi connectivity index (χ1) is 8.43. The minimum absolute atomic E-state index is 0.370. The van der Waals surface area contributed by atoms with Gasteiger partial charge >= 0.3 is 0 Å². The summed E-state index contributed by atoms with van der Waals surface area (Å²) < 4.78 is 0. The van der Waals surface area contributed by atoms with Gasteiger partial charge in [0.05, 0.1) is 11.3 Å². The summed E-state index contributed by atoms with van der Waals surface area (Å²) in [6.45, 7) is 5.10. The number of hydrogen-bond donors (Lipinski definition) is 0. The smallest absolute Gasteiger partial charge is 0.299 e. The Morgan fingerprint density at radius 3 is 2.33 bits per heavy atom. The molecule has 1 aliphatic rings. The Morgan fingerprint density at radius 1 is 1.11 bits per heavy atom. The molecule has 0 unspecified atom stereocenters. The normalized spacial score (nSPS) is 14.6. The van der Waals surface area contributed by atoms with Crippen LogP contribution < -0.4 is 4.90 Å². The monoisotopic (exact) mass is 246 g/mol. The Morgan fingerprint density at radius 2 is 1.72 bits per heavy atom. The number of benzene rings is 1. The number of fused-ring (bicyclic) bond motifs is 1. The average Bonchev–Trinajstić information content (AvgIpc) is 2.56. The third-order valence-corrected chi connectivity index (χ3v) is 3.30. The van der Waals surface area contributed by atoms with Crippen molar-refractivity contribution in [3.05, 3.63) is 28.8 Å². The fourth-order valence-corrected chi connectivity index (χ4v) is 2.28. The second-order valence-corrected chi connectivity index (χ2v) is 5.01. The summed E-state index contributed by atoms with van der Waals surface area (Å²) in [6, 6.07) is 3.86. The molecule has 1 aliphatic heterocycles. The third kappa shape index (κ3) is 1.93. The van der Waals surface area contributed by atoms with Crippen molar-refractivity contribution in [1.82, 2.24) is 4.90 Å². The zero-order chi connectivity index (χ0) is 13.4. The number of amides is 1. The van der Waals surface area contributed by atoms with Gasteiger partial charge in [-0.15, -0.1) is 0 Å². The van der Waals surface area contributed by atoms with Crippen molar-refractivity contribution < 1.29 is 9.59 Å². The van der Waals surface area contributed by atoms with Gasteiger partial charge in [0.15, 0.2) is 0 Å². The molecule has 0 atom stereocenters. The molecule has 18 heavy (non-hydrogen) atoms. The van der Waals surface area contributed by atoms with Crippen LogP contribution in [0.4, 0.5) is 5.69 Å². The summed E-state index contributed by atoms with van der Waals surface area (Å²) in [5.41, 5.74) is 3.24. The first-order valence-corrected chi connectivity index (χ1v) is 6.04. The lowest BCUT2D eigenvalue weighted by Crippen LogP contribution is -2.36. The predicted octanol–water partition coefficient (Wildman–Crippen LogP) is 1.39. The lowest BCUT2D eigenvalue weighted by atomic mass is 10.0. The molecule has 0 saturated heterocycles. The fraction of sp³-hybridized carbons (Fsp3) is 0.429. The van der Waals surface area contributed by atoms with Crippen molar-refractivity contribution in [1.29, 1.82) is 0 Å². The van der Waals surface area contributed by atoms with Gasteiger partial charge in [0.25, 0.3) is 11.7 Å². The van der Waals surface area contributed by atoms with Crippen LogP contribution in [0.1, 0.15) is 21.5 Å². The highest BCUT2D eigenvalue weighted by molar-refractivity contribution is 6.52. The molecule has 0 fully saturated rings. The number of carbonyl (C=O) groups is 2. The van der Waals surface area contributed by atoms with Crippen LogP contribution in [0.2, 0.25) is 0 Å². The molecule has 0 aromatic heterocycles. The van der Waals surface area contributed by atoms with E-state index in [2.05, 4.69) is 0 Å². The summed E-state index contributed by atoms with van der Waals surface area (Å²) in [5, 5.41) is 0. The van der Waals surface area contributed by atoms with Crippen molar-refractivity contribution in [2.24, 2.45) is 0 Å². The molecule has 1 aromatic rings. The average molecular weight is 246 g/mol. The zero-order valence-electron chi connectivity index (χ0n) is 11.3. The number of rotatable bonds is 3. The lowest BCUT2D eigenvalue weighted by Gasteiger charge is -2.20. The van der Waals surface area contributed by atoms with Crippen molar-refractivity contribution in [3.8, 4) is 0 Å². The number of ketones is 1. The highest BCUT2D eigenvalue weighted by Gasteiger charge is 2.37. The minimum Gasteiger partial charge on any atom is -0.308 e. The topological polar surface area (TPSA) is 40.6 Å². The first kappa shape index (κ1) is 12.8. The van der Waals surface area contributed by atoms with E-state index in [0.717, 1.165) is 23.4 Å². The van der Waals surface area contributed by atoms with Gasteiger partial charge in [0, 0.05) is 13.1 Å². The maximum atomic E-state index is 12.0. The molecule has 4 heteroatoms. The molecule has 1 amide bonds. The van der Waals surface area contributed by atoms with Gasteiger partial charge < -0.3 is 9.80 Å². The molecule has 0 radical (unpaired) electrons. The number of likely N-dealkylation sites (N-methyl/N-ethyl adjacent to an activating group) is 1. The zero-order valence-corrected chi connectivity index (χ0v) is 11.3. The highest BCUT2D eigenvalue weighted by Crippen LogP contribution is 2.34. The van der Waals surface area contributed by atoms with Gasteiger partial charge in [-0.1, -0.05) is 12.1 Å². The standard InChI is InChI=1S/C14H18N2O2/c1-9-5-6-10(2)12-11(9)13(17)14(18)16(12)8-7-15(3)4/h5-6H,7-8H2,1-4H3. The lowest BCUT2D eigenvalue weighted by molar-refractivity contribution is -0.114. The third-order valence-electron chi connectivity index (χ3n) is 3.30. The molecule has 1 aromatic carbocycles. The molecule has 4 nitrogen and oxygen atoms in total. The molecule has 0 saturated carbocycles. The molecule has 0 N–H and O–H groups in total. The quantitative estimate of drug-likeness (QED) is 0.757. The Balaban J connectivity index is 2.45. The number of aryl methyl sites for hydroxylation is 2. The predicted molar refractivity (Wildman–Crippen MR) is 71.2 cm³/mol. The Labute approximate surface area is 107 Å². The molecule has 0 spiro atoms. The number of anilines is 1. The van der Waals surface area contributed by atoms with E-state index in [9.17, 15) is 9.59 Å². The van der Waals surface area contributed by atoms with E-state index in [1.807, 2.05) is 45.0 Å². The second-order valence-electron chi connectivity index (χ2n) is 5.01. The van der Waals surface area contributed by atoms with Crippen molar-refractivity contribution in [3.63, 3.8) is 0 Å². The maximum absolute atomic E-state index is 12.0. The van der Waals surface area contributed by atoms with Crippen LogP contribution in [0.25, 0.3) is 0 Å². The molecule has 0 aliphatic carbocycles. The van der Waals surface area contributed by atoms with E-state index in [-0.39, 0.29) is 5.78 Å². The summed E-state index contributed by atoms with van der Waals surface area (Å²) in [4.78, 5) is 27.7. The van der Waals surface area contributed by atoms with E-state index < -0.39 is 5.91 Å². The Hall–Kier alpha value is -1.68. The number of Topliss-reactive ketones (excluding diaryl/α,β-unsaturated/α-hetero) is 1. The van der Waals surface area contributed by atoms with Crippen LogP contribution in [0.5, 0.6) is 0 Å². The fourth-order valence-electron chi connectivity index (χ4n) is 2.28. The van der Waals surface area contributed by atoms with Gasteiger partial charge in [0.1, 0.15) is 0 Å². The molecule has 96 valence electrons. The molecular formula is C14H18N2O2. The number of carbonyl (C=O) groups excluding carboxylic acids is 2. The number of hydrogen-bond acceptors (Lipinski definition) is 3. The van der Waals surface area contributed by atoms with Crippen LogP contribution >= 0.6 is 0 Å². The van der Waals surface area contributed by atoms with Crippen LogP contribution in [-0.2, 0) is 4.79 Å². The first-order valence-electron chi connectivity index (χ1n) is 6.04. The Bertz CT molecular complexity index is 521. The second kappa shape index (κ2) is 4.53. The molecule has 0 bridgehead atoms. The largest absolute Gasteiger partial charge is 0.308 e. The summed E-state index contributed by atoms with van der Waals surface area (Å²) in [7, 11) is 3.90. The summed E-state index contributed by atoms with van der Waals surface area (Å²) in [5.74, 6) is -0.769. The SMILES string of the molecule is Cc1ccc(C)c2c1C(=O)C(=O)N2CCN(C)C. The van der Waals surface area contributed by atoms with Gasteiger partial charge in [-0.3, -0.25) is 9.59 Å². The van der Waals surface area contributed by atoms with Crippen molar-refractivity contribution in [2.75, 3.05) is 32.1 Å². The van der Waals surface area contributed by atoms with Crippen molar-refractivity contribution in [2.45, 2.75) is 13.8 Å². The number of nitrogens with zero attached hydrogens (tertiary/aromatic N) is 2. The van der Waals surface area contributed by atoms with E-state index in [1.165, 1.54) is 0 Å². The van der Waals surface area contributed by atoms with Gasteiger partial charge in [-0.05, 0) is 39.1 Å². The summed E-state index contributed by atoms with van der Waals surface area (Å²) >= 11 is 0. The van der Waals surface area contributed by atoms with Gasteiger partial charge in [-0.2, -0.15) is 0 Å². The van der Waals surface area contributed by atoms with Gasteiger partial charge in [-0.25, -0.2) is 0 Å². The summed E-state index contributed by atoms with van der Waals surface area (Å²) in [6.07, 6.45) is 0. The maximum Gasteiger partial charge on any atom is 0.299 e. The van der Waals surface area contributed by atoms with E-state index in [0.29, 0.717) is 12.1 Å². The van der Waals surface area contributed by atoms with E-state index >= 15 is 0 Å². The highest BCUT2D eigenvalue weighted by atomic mass is 16.2. The van der Waals surface area contributed by atoms with Crippen LogP contribution in [0, 0.1) is 13.8 Å². The van der Waals surface area contributed by atoms with E-state index in [4.69, 9.17) is 0 Å². The minimum atomic E-state index is -0.399. The molecular weight excluding hydrogens is 228 g/mol. The van der Waals surface area contributed by atoms with Gasteiger partial charge in [0.2, 0.25) is 0 Å². The van der Waals surface area contributed by atoms with Crippen LogP contribution in [-0.4, -0.2) is 43.8 Å². The molecule has 2 rings (SSSR count). The van der Waals surface area contributed by atoms with Crippen LogP contribution in [0.15, 0.2) is 12.1 Å². The van der Waals surface area contributed by atoms with Crippen LogP contribution in [0.3, 0.4) is 0 Å². The molecule has 1 heterocycles. The Kier molecular flexibility index (Phi) is 3.22. The van der Waals surface area contributed by atoms with E-state index in [1.54, 1.807) is 4.90 Å².